The number of nitrogens with zero attached hydrogens (tertiary/aromatic N) is 3. The van der Waals surface area contributed by atoms with Gasteiger partial charge < -0.3 is 14.4 Å². The highest BCUT2D eigenvalue weighted by Crippen LogP contribution is 2.57. The van der Waals surface area contributed by atoms with Crippen LogP contribution in [0.15, 0.2) is 388 Å². The van der Waals surface area contributed by atoms with Gasteiger partial charge in [0.1, 0.15) is 0 Å². The Morgan fingerprint density at radius 1 is 0.213 bits per heavy atom. The van der Waals surface area contributed by atoms with Crippen LogP contribution in [0.1, 0.15) is 0 Å². The summed E-state index contributed by atoms with van der Waals surface area (Å²) in [5.74, 6) is 0. The number of para-hydroxylation sites is 2. The standard InChI is InChI=1S/C102H64BN3S2/c1-7-29-65(30-8-1)71-53-55-92-88(61-71)103-89-62-72(66-31-9-2-10-32-66)54-56-93(89)106(100-86(69-37-15-5-16-38-69)59-74(60-87(100)70-39-17-6-18-40-70)77-46-28-48-83-81-44-22-26-52-97(81)108-102(77)83)95-64-75(104-90-49-23-19-41-78(90)79-42-20-24-50-91(79)104)63-94(98(95)103)105(92)99-84(67-33-11-3-12-34-67)57-73(58-85(99)68-35-13-4-14-36-68)76-45-27-47-82-80-43-21-25-51-96(80)107-101(76)82/h1-64H. The van der Waals surface area contributed by atoms with Crippen LogP contribution in [0.4, 0.5) is 34.1 Å². The van der Waals surface area contributed by atoms with Crippen LogP contribution in [-0.4, -0.2) is 11.3 Å². The molecule has 0 N–H and O–H groups in total. The summed E-state index contributed by atoms with van der Waals surface area (Å²) in [5, 5.41) is 7.51. The summed E-state index contributed by atoms with van der Waals surface area (Å²) in [6.07, 6.45) is 0. The molecule has 3 nitrogen and oxygen atoms in total. The molecule has 20 aromatic rings. The predicted molar refractivity (Wildman–Crippen MR) is 464 cm³/mol. The first-order chi connectivity index (χ1) is 53.6. The molecule has 0 amide bonds. The third kappa shape index (κ3) is 9.88. The monoisotopic (exact) mass is 1410 g/mol. The molecule has 0 radical (unpaired) electrons. The second-order valence-electron chi connectivity index (χ2n) is 28.5. The molecule has 0 fully saturated rings. The number of benzene rings is 17. The molecule has 0 saturated heterocycles. The van der Waals surface area contributed by atoms with Crippen LogP contribution in [-0.2, 0) is 0 Å². The molecule has 502 valence electrons. The first kappa shape index (κ1) is 62.1. The minimum absolute atomic E-state index is 0.289. The van der Waals surface area contributed by atoms with Gasteiger partial charge in [0.05, 0.1) is 28.1 Å². The van der Waals surface area contributed by atoms with E-state index in [9.17, 15) is 0 Å². The highest BCUT2D eigenvalue weighted by molar-refractivity contribution is 7.26. The van der Waals surface area contributed by atoms with E-state index < -0.39 is 0 Å². The van der Waals surface area contributed by atoms with Gasteiger partial charge in [0, 0.05) is 96.1 Å². The van der Waals surface area contributed by atoms with Crippen LogP contribution in [0.2, 0.25) is 0 Å². The van der Waals surface area contributed by atoms with Crippen molar-refractivity contribution in [2.75, 3.05) is 9.80 Å². The van der Waals surface area contributed by atoms with Gasteiger partial charge in [0.25, 0.3) is 6.71 Å². The maximum atomic E-state index is 2.71. The molecule has 0 atom stereocenters. The van der Waals surface area contributed by atoms with Crippen molar-refractivity contribution in [2.24, 2.45) is 0 Å². The summed E-state index contributed by atoms with van der Waals surface area (Å²) < 4.78 is 7.67. The Kier molecular flexibility index (Phi) is 14.5. The van der Waals surface area contributed by atoms with Crippen LogP contribution in [0.25, 0.3) is 157 Å². The van der Waals surface area contributed by atoms with Crippen molar-refractivity contribution >= 4 is 142 Å². The number of thiophene rings is 2. The fraction of sp³-hybridized carbons (Fsp3) is 0. The van der Waals surface area contributed by atoms with E-state index in [0.29, 0.717) is 0 Å². The number of hydrogen-bond acceptors (Lipinski definition) is 4. The summed E-state index contributed by atoms with van der Waals surface area (Å²) in [6, 6.07) is 146. The molecule has 22 rings (SSSR count). The van der Waals surface area contributed by atoms with Gasteiger partial charge in [0.15, 0.2) is 0 Å². The summed E-state index contributed by atoms with van der Waals surface area (Å²) in [7, 11) is 0. The van der Waals surface area contributed by atoms with E-state index in [2.05, 4.69) is 403 Å². The minimum atomic E-state index is -0.289. The van der Waals surface area contributed by atoms with E-state index in [1.807, 2.05) is 22.7 Å². The number of hydrogen-bond donors (Lipinski definition) is 0. The van der Waals surface area contributed by atoms with Gasteiger partial charge >= 0.3 is 0 Å². The Bertz CT molecular complexity index is 6450. The Morgan fingerprint density at radius 2 is 0.537 bits per heavy atom. The Balaban J connectivity index is 0.925. The largest absolute Gasteiger partial charge is 0.310 e. The van der Waals surface area contributed by atoms with Crippen molar-refractivity contribution in [2.45, 2.75) is 0 Å². The highest BCUT2D eigenvalue weighted by atomic mass is 32.1. The highest BCUT2D eigenvalue weighted by Gasteiger charge is 2.46. The van der Waals surface area contributed by atoms with Crippen molar-refractivity contribution in [1.82, 2.24) is 4.57 Å². The van der Waals surface area contributed by atoms with E-state index in [-0.39, 0.29) is 6.71 Å². The number of aromatic nitrogens is 1. The zero-order valence-electron chi connectivity index (χ0n) is 58.7. The average Bonchev–Trinajstić information content (AvgIpc) is 0.715. The van der Waals surface area contributed by atoms with Crippen LogP contribution < -0.4 is 26.2 Å². The molecule has 0 aliphatic carbocycles. The maximum absolute atomic E-state index is 2.71. The van der Waals surface area contributed by atoms with Crippen LogP contribution >= 0.6 is 22.7 Å². The van der Waals surface area contributed by atoms with E-state index in [1.54, 1.807) is 0 Å². The van der Waals surface area contributed by atoms with Gasteiger partial charge in [-0.2, -0.15) is 0 Å². The molecule has 108 heavy (non-hydrogen) atoms. The molecule has 0 bridgehead atoms. The van der Waals surface area contributed by atoms with Crippen molar-refractivity contribution < 1.29 is 0 Å². The molecule has 6 heteroatoms. The Morgan fingerprint density at radius 3 is 0.917 bits per heavy atom. The third-order valence-electron chi connectivity index (χ3n) is 22.5. The first-order valence-corrected chi connectivity index (χ1v) is 38.8. The molecule has 0 spiro atoms. The number of rotatable bonds is 11. The van der Waals surface area contributed by atoms with Crippen LogP contribution in [0.5, 0.6) is 0 Å². The van der Waals surface area contributed by atoms with Gasteiger partial charge in [-0.15, -0.1) is 22.7 Å². The summed E-state index contributed by atoms with van der Waals surface area (Å²) in [6.45, 7) is -0.289. The van der Waals surface area contributed by atoms with Gasteiger partial charge in [-0.05, 0) is 156 Å². The molecular formula is C102H64BN3S2. The Hall–Kier alpha value is -13.4. The summed E-state index contributed by atoms with van der Waals surface area (Å²) in [4.78, 5) is 5.42. The lowest BCUT2D eigenvalue weighted by molar-refractivity contribution is 1.16. The summed E-state index contributed by atoms with van der Waals surface area (Å²) in [5.41, 5.74) is 32.0. The van der Waals surface area contributed by atoms with Gasteiger partial charge in [-0.1, -0.05) is 315 Å². The van der Waals surface area contributed by atoms with Gasteiger partial charge in [-0.25, -0.2) is 0 Å². The molecule has 3 aromatic heterocycles. The lowest BCUT2D eigenvalue weighted by Crippen LogP contribution is -2.61. The van der Waals surface area contributed by atoms with Crippen molar-refractivity contribution in [3.8, 4) is 94.7 Å². The van der Waals surface area contributed by atoms with Crippen LogP contribution in [0.3, 0.4) is 0 Å². The average molecular weight is 1410 g/mol. The fourth-order valence-corrected chi connectivity index (χ4v) is 20.3. The molecule has 17 aromatic carbocycles. The van der Waals surface area contributed by atoms with Crippen LogP contribution in [0, 0.1) is 0 Å². The van der Waals surface area contributed by atoms with E-state index in [4.69, 9.17) is 0 Å². The molecule has 5 heterocycles. The smallest absolute Gasteiger partial charge is 0.252 e. The van der Waals surface area contributed by atoms with Crippen molar-refractivity contribution in [1.29, 1.82) is 0 Å². The lowest BCUT2D eigenvalue weighted by Gasteiger charge is -2.46. The topological polar surface area (TPSA) is 11.4 Å². The quantitative estimate of drug-likeness (QED) is 0.120. The van der Waals surface area contributed by atoms with E-state index in [0.717, 1.165) is 129 Å². The lowest BCUT2D eigenvalue weighted by atomic mass is 9.33. The zero-order chi connectivity index (χ0) is 70.9. The third-order valence-corrected chi connectivity index (χ3v) is 25.0. The molecule has 0 saturated carbocycles. The summed E-state index contributed by atoms with van der Waals surface area (Å²) >= 11 is 3.77. The maximum Gasteiger partial charge on any atom is 0.252 e. The minimum Gasteiger partial charge on any atom is -0.310 e. The van der Waals surface area contributed by atoms with Crippen molar-refractivity contribution in [3.05, 3.63) is 388 Å². The molecule has 2 aliphatic heterocycles. The normalized spacial score (nSPS) is 12.4. The molecule has 0 unspecified atom stereocenters. The predicted octanol–water partition coefficient (Wildman–Crippen LogP) is 26.9. The van der Waals surface area contributed by atoms with Crippen molar-refractivity contribution in [3.63, 3.8) is 0 Å². The number of anilines is 6. The zero-order valence-corrected chi connectivity index (χ0v) is 60.3. The molecular weight excluding hydrogens is 1340 g/mol. The SMILES string of the molecule is c1ccc(-c2ccc3c(c2)B2c4cc(-c5ccccc5)ccc4N(c4c(-c5ccccc5)cc(-c5cccc6c5sc5ccccc56)cc4-c4ccccc4)c4cc(-n5c6ccccc6c6ccccc65)cc(c42)N3c2c(-c3ccccc3)cc(-c3cccc4c3sc3ccccc34)cc2-c2ccccc2)cc1. The van der Waals surface area contributed by atoms with Gasteiger partial charge in [-0.3, -0.25) is 0 Å². The van der Waals surface area contributed by atoms with Gasteiger partial charge in [0.2, 0.25) is 0 Å². The second kappa shape index (κ2) is 25.2. The van der Waals surface area contributed by atoms with E-state index >= 15 is 0 Å². The number of fused-ring (bicyclic) bond motifs is 13. The first-order valence-electron chi connectivity index (χ1n) is 37.1. The molecule has 2 aliphatic rings. The Labute approximate surface area is 634 Å². The fourth-order valence-electron chi connectivity index (χ4n) is 17.8. The van der Waals surface area contributed by atoms with E-state index in [1.165, 1.54) is 78.6 Å². The second-order valence-corrected chi connectivity index (χ2v) is 30.6.